The average Bonchev–Trinajstić information content (AvgIpc) is 3.43. The smallest absolute Gasteiger partial charge is 0.167 e. The minimum Gasteiger partial charge on any atom is -0.455 e. The molecule has 0 atom stereocenters. The van der Waals surface area contributed by atoms with Crippen molar-refractivity contribution in [2.75, 3.05) is 0 Å². The molecule has 8 rings (SSSR count). The van der Waals surface area contributed by atoms with Gasteiger partial charge in [-0.25, -0.2) is 15.0 Å². The molecule has 6 heteroatoms. The lowest BCUT2D eigenvalue weighted by atomic mass is 9.98. The van der Waals surface area contributed by atoms with E-state index in [4.69, 9.17) is 19.4 Å². The largest absolute Gasteiger partial charge is 0.455 e. The molecule has 3 aromatic heterocycles. The predicted octanol–water partition coefficient (Wildman–Crippen LogP) is 9.75. The molecule has 198 valence electrons. The van der Waals surface area contributed by atoms with Crippen molar-refractivity contribution in [3.05, 3.63) is 132 Å². The highest BCUT2D eigenvalue weighted by atomic mass is 79.9. The van der Waals surface area contributed by atoms with Crippen LogP contribution in [0.4, 0.5) is 0 Å². The van der Waals surface area contributed by atoms with E-state index in [9.17, 15) is 0 Å². The molecule has 0 aliphatic rings. The molecule has 5 aromatic carbocycles. The van der Waals surface area contributed by atoms with Gasteiger partial charge < -0.3 is 4.42 Å². The molecule has 0 saturated heterocycles. The Labute approximate surface area is 249 Å². The number of hydrogen-bond acceptors (Lipinski definition) is 5. The first-order chi connectivity index (χ1) is 20.7. The molecular formula is C36H21BrN4O. The Morgan fingerprint density at radius 3 is 2.10 bits per heavy atom. The van der Waals surface area contributed by atoms with Crippen LogP contribution in [0, 0.1) is 0 Å². The summed E-state index contributed by atoms with van der Waals surface area (Å²) in [6.45, 7) is 0. The molecule has 5 nitrogen and oxygen atoms in total. The van der Waals surface area contributed by atoms with Crippen LogP contribution in [0.3, 0.4) is 0 Å². The summed E-state index contributed by atoms with van der Waals surface area (Å²) in [4.78, 5) is 19.5. The third-order valence-corrected chi connectivity index (χ3v) is 7.88. The molecule has 0 unspecified atom stereocenters. The van der Waals surface area contributed by atoms with E-state index < -0.39 is 0 Å². The Morgan fingerprint density at radius 2 is 1.19 bits per heavy atom. The fourth-order valence-corrected chi connectivity index (χ4v) is 5.99. The van der Waals surface area contributed by atoms with Crippen LogP contribution in [0.15, 0.2) is 136 Å². The maximum absolute atomic E-state index is 6.35. The Bertz CT molecular complexity index is 2270. The Balaban J connectivity index is 1.36. The third-order valence-electron chi connectivity index (χ3n) is 7.43. The Hall–Kier alpha value is -5.20. The van der Waals surface area contributed by atoms with Gasteiger partial charge in [-0.2, -0.15) is 0 Å². The van der Waals surface area contributed by atoms with Crippen molar-refractivity contribution in [2.24, 2.45) is 0 Å². The monoisotopic (exact) mass is 604 g/mol. The number of furan rings is 1. The maximum Gasteiger partial charge on any atom is 0.167 e. The zero-order chi connectivity index (χ0) is 28.0. The van der Waals surface area contributed by atoms with Gasteiger partial charge >= 0.3 is 0 Å². The number of benzene rings is 5. The predicted molar refractivity (Wildman–Crippen MR) is 172 cm³/mol. The summed E-state index contributed by atoms with van der Waals surface area (Å²) >= 11 is 3.75. The molecular weight excluding hydrogens is 584 g/mol. The molecule has 0 spiro atoms. The summed E-state index contributed by atoms with van der Waals surface area (Å²) in [5, 5.41) is 3.18. The molecule has 8 aromatic rings. The molecule has 0 aliphatic carbocycles. The van der Waals surface area contributed by atoms with Crippen LogP contribution in [-0.4, -0.2) is 19.9 Å². The van der Waals surface area contributed by atoms with E-state index in [2.05, 4.69) is 57.3 Å². The zero-order valence-electron chi connectivity index (χ0n) is 22.2. The summed E-state index contributed by atoms with van der Waals surface area (Å²) in [6, 6.07) is 40.7. The van der Waals surface area contributed by atoms with E-state index in [0.717, 1.165) is 65.1 Å². The molecule has 0 aliphatic heterocycles. The fourth-order valence-electron chi connectivity index (χ4n) is 5.49. The lowest BCUT2D eigenvalue weighted by Crippen LogP contribution is -2.00. The van der Waals surface area contributed by atoms with Crippen LogP contribution in [0.5, 0.6) is 0 Å². The second-order valence-electron chi connectivity index (χ2n) is 10.1. The molecule has 0 N–H and O–H groups in total. The van der Waals surface area contributed by atoms with Crippen molar-refractivity contribution in [1.82, 2.24) is 19.9 Å². The van der Waals surface area contributed by atoms with Crippen LogP contribution >= 0.6 is 15.9 Å². The number of halogens is 1. The van der Waals surface area contributed by atoms with Gasteiger partial charge in [0.05, 0.1) is 11.1 Å². The van der Waals surface area contributed by atoms with Crippen LogP contribution in [0.1, 0.15) is 0 Å². The quantitative estimate of drug-likeness (QED) is 0.200. The minimum atomic E-state index is 0.555. The Kier molecular flexibility index (Phi) is 5.86. The van der Waals surface area contributed by atoms with Gasteiger partial charge in [0.1, 0.15) is 11.2 Å². The lowest BCUT2D eigenvalue weighted by Gasteiger charge is -2.11. The molecule has 0 saturated carbocycles. The van der Waals surface area contributed by atoms with Gasteiger partial charge in [0, 0.05) is 38.0 Å². The summed E-state index contributed by atoms with van der Waals surface area (Å²) in [5.74, 6) is 1.73. The second-order valence-corrected chi connectivity index (χ2v) is 11.0. The zero-order valence-corrected chi connectivity index (χ0v) is 23.8. The third kappa shape index (κ3) is 4.24. The molecule has 3 heterocycles. The number of fused-ring (bicyclic) bond motifs is 4. The molecule has 0 fully saturated rings. The highest BCUT2D eigenvalue weighted by Gasteiger charge is 2.18. The van der Waals surface area contributed by atoms with E-state index in [0.29, 0.717) is 17.5 Å². The summed E-state index contributed by atoms with van der Waals surface area (Å²) < 4.78 is 7.28. The summed E-state index contributed by atoms with van der Waals surface area (Å²) in [5.41, 5.74) is 7.27. The summed E-state index contributed by atoms with van der Waals surface area (Å²) in [7, 11) is 0. The van der Waals surface area contributed by atoms with Crippen LogP contribution in [0.2, 0.25) is 0 Å². The van der Waals surface area contributed by atoms with Gasteiger partial charge in [0.25, 0.3) is 0 Å². The van der Waals surface area contributed by atoms with E-state index in [1.807, 2.05) is 91.1 Å². The van der Waals surface area contributed by atoms with Gasteiger partial charge in [-0.1, -0.05) is 94.8 Å². The van der Waals surface area contributed by atoms with E-state index >= 15 is 0 Å². The first-order valence-electron chi connectivity index (χ1n) is 13.6. The highest BCUT2D eigenvalue weighted by Crippen LogP contribution is 2.37. The van der Waals surface area contributed by atoms with Gasteiger partial charge in [-0.15, -0.1) is 0 Å². The first-order valence-corrected chi connectivity index (χ1v) is 14.4. The van der Waals surface area contributed by atoms with Crippen LogP contribution in [0.25, 0.3) is 78.1 Å². The van der Waals surface area contributed by atoms with E-state index in [-0.39, 0.29) is 0 Å². The van der Waals surface area contributed by atoms with E-state index in [1.54, 1.807) is 0 Å². The number of nitrogens with zero attached hydrogens (tertiary/aromatic N) is 4. The molecule has 0 amide bonds. The van der Waals surface area contributed by atoms with Crippen LogP contribution < -0.4 is 0 Å². The minimum absolute atomic E-state index is 0.555. The van der Waals surface area contributed by atoms with Gasteiger partial charge in [0.2, 0.25) is 0 Å². The highest BCUT2D eigenvalue weighted by molar-refractivity contribution is 9.10. The van der Waals surface area contributed by atoms with Crippen molar-refractivity contribution in [1.29, 1.82) is 0 Å². The number of para-hydroxylation sites is 2. The fraction of sp³-hybridized carbons (Fsp3) is 0. The van der Waals surface area contributed by atoms with Gasteiger partial charge in [0.15, 0.2) is 17.5 Å². The topological polar surface area (TPSA) is 64.7 Å². The normalized spacial score (nSPS) is 11.5. The van der Waals surface area contributed by atoms with E-state index in [1.165, 1.54) is 0 Å². The average molecular weight is 605 g/mol. The molecule has 42 heavy (non-hydrogen) atoms. The van der Waals surface area contributed by atoms with Crippen LogP contribution in [-0.2, 0) is 0 Å². The summed E-state index contributed by atoms with van der Waals surface area (Å²) in [6.07, 6.45) is 1.82. The van der Waals surface area contributed by atoms with Crippen molar-refractivity contribution in [3.63, 3.8) is 0 Å². The number of aromatic nitrogens is 4. The van der Waals surface area contributed by atoms with Crippen molar-refractivity contribution >= 4 is 48.8 Å². The van der Waals surface area contributed by atoms with Crippen molar-refractivity contribution < 1.29 is 4.42 Å². The number of pyridine rings is 1. The SMILES string of the molecule is Brc1cc(-c2nc(-c3ccccc3)nc(-c3cccc4c3oc3ccccc34)n2)cc(-c2cccc3ncccc23)c1. The molecule has 0 radical (unpaired) electrons. The van der Waals surface area contributed by atoms with Gasteiger partial charge in [-0.05, 0) is 53.6 Å². The number of rotatable bonds is 4. The van der Waals surface area contributed by atoms with Crippen molar-refractivity contribution in [3.8, 4) is 45.3 Å². The molecule has 0 bridgehead atoms. The lowest BCUT2D eigenvalue weighted by molar-refractivity contribution is 0.669. The Morgan fingerprint density at radius 1 is 0.500 bits per heavy atom. The first kappa shape index (κ1) is 24.6. The van der Waals surface area contributed by atoms with Gasteiger partial charge in [-0.3, -0.25) is 4.98 Å². The standard InChI is InChI=1S/C36H21BrN4O/c37-25-20-23(26-12-7-16-31-27(26)15-8-18-38-31)19-24(21-25)35-39-34(22-9-2-1-3-10-22)40-36(41-35)30-14-6-13-29-28-11-4-5-17-32(28)42-33(29)30/h1-21H. The second kappa shape index (κ2) is 10.0. The maximum atomic E-state index is 6.35. The number of hydrogen-bond donors (Lipinski definition) is 0. The van der Waals surface area contributed by atoms with Crippen molar-refractivity contribution in [2.45, 2.75) is 0 Å².